The molecule has 1 aromatic carbocycles. The Bertz CT molecular complexity index is 840. The van der Waals surface area contributed by atoms with Crippen LogP contribution in [0.1, 0.15) is 25.3 Å². The summed E-state index contributed by atoms with van der Waals surface area (Å²) in [5.41, 5.74) is 3.71. The number of hydrogen-bond acceptors (Lipinski definition) is 4. The lowest BCUT2D eigenvalue weighted by Gasteiger charge is -2.06. The molecule has 0 saturated carbocycles. The lowest BCUT2D eigenvalue weighted by atomic mass is 10.1. The van der Waals surface area contributed by atoms with Crippen LogP contribution in [0, 0.1) is 0 Å². The van der Waals surface area contributed by atoms with Gasteiger partial charge in [0.15, 0.2) is 5.65 Å². The zero-order valence-electron chi connectivity index (χ0n) is 13.6. The summed E-state index contributed by atoms with van der Waals surface area (Å²) >= 11 is 0. The second-order valence-electron chi connectivity index (χ2n) is 5.65. The van der Waals surface area contributed by atoms with Gasteiger partial charge in [-0.2, -0.15) is 0 Å². The van der Waals surface area contributed by atoms with Crippen molar-refractivity contribution in [2.24, 2.45) is 0 Å². The molecule has 2 N–H and O–H groups in total. The van der Waals surface area contributed by atoms with Crippen LogP contribution < -0.4 is 5.32 Å². The number of aromatic nitrogens is 3. The predicted octanol–water partition coefficient (Wildman–Crippen LogP) is 3.24. The first-order valence-corrected chi connectivity index (χ1v) is 8.07. The van der Waals surface area contributed by atoms with E-state index < -0.39 is 5.97 Å². The molecule has 0 amide bonds. The van der Waals surface area contributed by atoms with Gasteiger partial charge in [0.2, 0.25) is 0 Å². The first-order valence-electron chi connectivity index (χ1n) is 8.07. The maximum Gasteiger partial charge on any atom is 0.303 e. The van der Waals surface area contributed by atoms with E-state index in [2.05, 4.69) is 22.3 Å². The van der Waals surface area contributed by atoms with Gasteiger partial charge in [-0.3, -0.25) is 4.79 Å². The van der Waals surface area contributed by atoms with Crippen molar-refractivity contribution in [2.45, 2.75) is 26.2 Å². The van der Waals surface area contributed by atoms with Crippen LogP contribution in [-0.4, -0.2) is 32.2 Å². The van der Waals surface area contributed by atoms with Crippen LogP contribution in [0.3, 0.4) is 0 Å². The molecular weight excluding hydrogens is 304 g/mol. The molecule has 0 fully saturated rings. The number of imidazole rings is 1. The Morgan fingerprint density at radius 1 is 1.21 bits per heavy atom. The monoisotopic (exact) mass is 324 g/mol. The van der Waals surface area contributed by atoms with Gasteiger partial charge in [0, 0.05) is 18.5 Å². The van der Waals surface area contributed by atoms with E-state index in [1.165, 1.54) is 0 Å². The Balaban J connectivity index is 1.86. The number of nitrogens with one attached hydrogen (secondary N) is 1. The Labute approximate surface area is 140 Å². The van der Waals surface area contributed by atoms with E-state index in [1.54, 1.807) is 6.20 Å². The van der Waals surface area contributed by atoms with E-state index in [4.69, 9.17) is 5.11 Å². The van der Waals surface area contributed by atoms with Gasteiger partial charge in [-0.15, -0.1) is 5.10 Å². The van der Waals surface area contributed by atoms with Gasteiger partial charge in [-0.05, 0) is 30.5 Å². The van der Waals surface area contributed by atoms with Crippen LogP contribution in [0.4, 0.5) is 5.82 Å². The summed E-state index contributed by atoms with van der Waals surface area (Å²) in [6.45, 7) is 2.99. The summed E-state index contributed by atoms with van der Waals surface area (Å²) in [6.07, 6.45) is 3.52. The van der Waals surface area contributed by atoms with Crippen LogP contribution in [-0.2, 0) is 11.2 Å². The fourth-order valence-electron chi connectivity index (χ4n) is 2.51. The Morgan fingerprint density at radius 3 is 2.71 bits per heavy atom. The van der Waals surface area contributed by atoms with E-state index in [0.717, 1.165) is 41.3 Å². The molecule has 0 aliphatic carbocycles. The minimum Gasteiger partial charge on any atom is -0.481 e. The highest BCUT2D eigenvalue weighted by atomic mass is 16.4. The number of hydrogen-bond donors (Lipinski definition) is 2. The van der Waals surface area contributed by atoms with E-state index in [9.17, 15) is 4.79 Å². The normalized spacial score (nSPS) is 10.9. The predicted molar refractivity (Wildman–Crippen MR) is 93.2 cm³/mol. The second kappa shape index (κ2) is 7.12. The van der Waals surface area contributed by atoms with Gasteiger partial charge in [0.05, 0.1) is 11.9 Å². The molecule has 0 spiro atoms. The van der Waals surface area contributed by atoms with Gasteiger partial charge < -0.3 is 10.4 Å². The third kappa shape index (κ3) is 3.53. The number of benzene rings is 1. The van der Waals surface area contributed by atoms with E-state index in [0.29, 0.717) is 6.42 Å². The Kier molecular flexibility index (Phi) is 4.74. The van der Waals surface area contributed by atoms with Gasteiger partial charge >= 0.3 is 5.97 Å². The van der Waals surface area contributed by atoms with Crippen LogP contribution in [0.25, 0.3) is 16.9 Å². The molecule has 0 aliphatic heterocycles. The lowest BCUT2D eigenvalue weighted by Crippen LogP contribution is -2.05. The highest BCUT2D eigenvalue weighted by molar-refractivity contribution is 5.67. The summed E-state index contributed by atoms with van der Waals surface area (Å²) in [5, 5.41) is 16.6. The number of carboxylic acids is 1. The molecular formula is C18H20N4O2. The molecule has 0 atom stereocenters. The van der Waals surface area contributed by atoms with Crippen LogP contribution in [0.2, 0.25) is 0 Å². The fourth-order valence-corrected chi connectivity index (χ4v) is 2.51. The molecule has 0 unspecified atom stereocenters. The highest BCUT2D eigenvalue weighted by Crippen LogP contribution is 2.21. The Morgan fingerprint density at radius 2 is 2.00 bits per heavy atom. The highest BCUT2D eigenvalue weighted by Gasteiger charge is 2.08. The van der Waals surface area contributed by atoms with Crippen molar-refractivity contribution >= 4 is 17.4 Å². The third-order valence-electron chi connectivity index (χ3n) is 3.80. The van der Waals surface area contributed by atoms with Gasteiger partial charge in [-0.25, -0.2) is 9.50 Å². The summed E-state index contributed by atoms with van der Waals surface area (Å²) in [7, 11) is 0. The van der Waals surface area contributed by atoms with Crippen LogP contribution >= 0.6 is 0 Å². The average molecular weight is 324 g/mol. The number of anilines is 1. The third-order valence-corrected chi connectivity index (χ3v) is 3.80. The molecule has 0 radical (unpaired) electrons. The minimum atomic E-state index is -0.780. The minimum absolute atomic E-state index is 0.142. The number of aliphatic carboxylic acids is 1. The molecule has 124 valence electrons. The average Bonchev–Trinajstić information content (AvgIpc) is 3.01. The van der Waals surface area contributed by atoms with Crippen LogP contribution in [0.15, 0.2) is 42.6 Å². The molecule has 0 aliphatic rings. The van der Waals surface area contributed by atoms with Crippen molar-refractivity contribution in [3.63, 3.8) is 0 Å². The fraction of sp³-hybridized carbons (Fsp3) is 0.278. The number of nitrogens with zero attached hydrogens (tertiary/aromatic N) is 3. The van der Waals surface area contributed by atoms with Crippen molar-refractivity contribution in [2.75, 3.05) is 11.9 Å². The number of rotatable bonds is 7. The summed E-state index contributed by atoms with van der Waals surface area (Å²) in [4.78, 5) is 15.0. The van der Waals surface area contributed by atoms with Gasteiger partial charge in [-0.1, -0.05) is 31.2 Å². The number of fused-ring (bicyclic) bond motifs is 1. The van der Waals surface area contributed by atoms with E-state index >= 15 is 0 Å². The number of carboxylic acid groups (broad SMARTS) is 1. The second-order valence-corrected chi connectivity index (χ2v) is 5.65. The first kappa shape index (κ1) is 16.0. The van der Waals surface area contributed by atoms with E-state index in [1.807, 2.05) is 40.9 Å². The van der Waals surface area contributed by atoms with Crippen molar-refractivity contribution < 1.29 is 9.90 Å². The van der Waals surface area contributed by atoms with Gasteiger partial charge in [0.1, 0.15) is 5.82 Å². The molecule has 6 heteroatoms. The first-order chi connectivity index (χ1) is 11.7. The topological polar surface area (TPSA) is 79.5 Å². The zero-order chi connectivity index (χ0) is 16.9. The molecule has 2 heterocycles. The molecule has 24 heavy (non-hydrogen) atoms. The largest absolute Gasteiger partial charge is 0.481 e. The molecule has 3 rings (SSSR count). The van der Waals surface area contributed by atoms with Crippen LogP contribution in [0.5, 0.6) is 0 Å². The van der Waals surface area contributed by atoms with E-state index in [-0.39, 0.29) is 6.42 Å². The molecule has 3 aromatic rings. The van der Waals surface area contributed by atoms with Crippen molar-refractivity contribution in [1.82, 2.24) is 14.6 Å². The molecule has 0 bridgehead atoms. The standard InChI is InChI=1S/C18H20N4O2/c1-2-11-19-16-8-9-17-20-12-15(22(17)21-16)14-6-3-13(4-7-14)5-10-18(23)24/h3-4,6-9,12H,2,5,10-11H2,1H3,(H,19,21)(H,23,24). The summed E-state index contributed by atoms with van der Waals surface area (Å²) in [5.74, 6) is 0.0406. The maximum absolute atomic E-state index is 10.7. The number of carbonyl (C=O) groups is 1. The quantitative estimate of drug-likeness (QED) is 0.697. The van der Waals surface area contributed by atoms with Crippen molar-refractivity contribution in [1.29, 1.82) is 0 Å². The summed E-state index contributed by atoms with van der Waals surface area (Å²) in [6, 6.07) is 11.7. The zero-order valence-corrected chi connectivity index (χ0v) is 13.6. The lowest BCUT2D eigenvalue weighted by molar-refractivity contribution is -0.136. The van der Waals surface area contributed by atoms with Crippen molar-refractivity contribution in [3.8, 4) is 11.3 Å². The van der Waals surface area contributed by atoms with Gasteiger partial charge in [0.25, 0.3) is 0 Å². The maximum atomic E-state index is 10.7. The van der Waals surface area contributed by atoms with Crippen molar-refractivity contribution in [3.05, 3.63) is 48.2 Å². The SMILES string of the molecule is CCCNc1ccc2ncc(-c3ccc(CCC(=O)O)cc3)n2n1. The molecule has 0 saturated heterocycles. The summed E-state index contributed by atoms with van der Waals surface area (Å²) < 4.78 is 1.82. The number of aryl methyl sites for hydroxylation is 1. The smallest absolute Gasteiger partial charge is 0.303 e. The molecule has 2 aromatic heterocycles. The molecule has 6 nitrogen and oxygen atoms in total. The Hall–Kier alpha value is -2.89.